The summed E-state index contributed by atoms with van der Waals surface area (Å²) in [5, 5.41) is 15.4. The molecule has 2 amide bonds. The molecule has 2 rings (SSSR count). The zero-order valence-electron chi connectivity index (χ0n) is 11.7. The second-order valence-electron chi connectivity index (χ2n) is 5.11. The minimum atomic E-state index is -0.114. The molecule has 20 heavy (non-hydrogen) atoms. The Balaban J connectivity index is 1.82. The lowest BCUT2D eigenvalue weighted by molar-refractivity contribution is 0.171. The lowest BCUT2D eigenvalue weighted by Gasteiger charge is -2.25. The number of nitrogens with zero attached hydrogens (tertiary/aromatic N) is 1. The van der Waals surface area contributed by atoms with Crippen LogP contribution >= 0.6 is 0 Å². The molecule has 3 N–H and O–H groups in total. The van der Waals surface area contributed by atoms with Gasteiger partial charge in [-0.25, -0.2) is 4.79 Å². The van der Waals surface area contributed by atoms with E-state index in [2.05, 4.69) is 10.6 Å². The van der Waals surface area contributed by atoms with Gasteiger partial charge in [-0.05, 0) is 24.9 Å². The summed E-state index contributed by atoms with van der Waals surface area (Å²) in [6.07, 6.45) is 2.25. The largest absolute Gasteiger partial charge is 0.395 e. The van der Waals surface area contributed by atoms with Gasteiger partial charge >= 0.3 is 6.03 Å². The Morgan fingerprint density at radius 2 is 2.20 bits per heavy atom. The average Bonchev–Trinajstić information content (AvgIpc) is 2.98. The van der Waals surface area contributed by atoms with Crippen molar-refractivity contribution < 1.29 is 9.90 Å². The highest BCUT2D eigenvalue weighted by Gasteiger charge is 2.20. The van der Waals surface area contributed by atoms with Gasteiger partial charge in [0.15, 0.2) is 0 Å². The smallest absolute Gasteiger partial charge is 0.317 e. The first-order chi connectivity index (χ1) is 9.79. The molecule has 0 radical (unpaired) electrons. The second kappa shape index (κ2) is 7.87. The Morgan fingerprint density at radius 3 is 2.85 bits per heavy atom. The fourth-order valence-corrected chi connectivity index (χ4v) is 2.46. The summed E-state index contributed by atoms with van der Waals surface area (Å²) >= 11 is 0. The molecule has 0 aromatic heterocycles. The Kier molecular flexibility index (Phi) is 5.83. The van der Waals surface area contributed by atoms with E-state index in [1.54, 1.807) is 4.90 Å². The Hall–Kier alpha value is -1.59. The van der Waals surface area contributed by atoms with Crippen LogP contribution in [0.5, 0.6) is 0 Å². The third-order valence-electron chi connectivity index (χ3n) is 3.55. The van der Waals surface area contributed by atoms with Gasteiger partial charge in [0, 0.05) is 25.7 Å². The van der Waals surface area contributed by atoms with Crippen molar-refractivity contribution in [1.29, 1.82) is 0 Å². The molecule has 1 aromatic carbocycles. The van der Waals surface area contributed by atoms with Gasteiger partial charge < -0.3 is 20.6 Å². The number of carbonyl (C=O) groups is 1. The van der Waals surface area contributed by atoms with Gasteiger partial charge in [-0.15, -0.1) is 0 Å². The van der Waals surface area contributed by atoms with Crippen molar-refractivity contribution in [3.05, 3.63) is 35.9 Å². The number of hydrogen-bond acceptors (Lipinski definition) is 3. The van der Waals surface area contributed by atoms with Crippen molar-refractivity contribution in [2.24, 2.45) is 0 Å². The molecule has 5 nitrogen and oxygen atoms in total. The SMILES string of the molecule is O=C(NCc1ccccc1)N(CCO)CC1CCCN1. The molecule has 1 aliphatic rings. The van der Waals surface area contributed by atoms with Crippen LogP contribution < -0.4 is 10.6 Å². The zero-order valence-corrected chi connectivity index (χ0v) is 11.7. The van der Waals surface area contributed by atoms with Gasteiger partial charge in [0.25, 0.3) is 0 Å². The van der Waals surface area contributed by atoms with Crippen LogP contribution in [-0.4, -0.2) is 48.3 Å². The fraction of sp³-hybridized carbons (Fsp3) is 0.533. The van der Waals surface area contributed by atoms with Crippen molar-refractivity contribution in [2.45, 2.75) is 25.4 Å². The van der Waals surface area contributed by atoms with Crippen molar-refractivity contribution in [1.82, 2.24) is 15.5 Å². The van der Waals surface area contributed by atoms with Crippen LogP contribution in [0.3, 0.4) is 0 Å². The minimum absolute atomic E-state index is 0.00846. The maximum atomic E-state index is 12.2. The first-order valence-corrected chi connectivity index (χ1v) is 7.20. The number of aliphatic hydroxyl groups excluding tert-OH is 1. The van der Waals surface area contributed by atoms with E-state index in [1.807, 2.05) is 30.3 Å². The molecule has 0 spiro atoms. The summed E-state index contributed by atoms with van der Waals surface area (Å²) in [4.78, 5) is 13.9. The monoisotopic (exact) mass is 277 g/mol. The van der Waals surface area contributed by atoms with Crippen molar-refractivity contribution in [3.8, 4) is 0 Å². The average molecular weight is 277 g/mol. The normalized spacial score (nSPS) is 17.9. The van der Waals surface area contributed by atoms with Crippen LogP contribution in [0.1, 0.15) is 18.4 Å². The van der Waals surface area contributed by atoms with Crippen LogP contribution in [0.2, 0.25) is 0 Å². The number of benzene rings is 1. The number of aliphatic hydroxyl groups is 1. The zero-order chi connectivity index (χ0) is 14.2. The predicted octanol–water partition coefficient (Wildman–Crippen LogP) is 0.942. The third kappa shape index (κ3) is 4.51. The highest BCUT2D eigenvalue weighted by atomic mass is 16.3. The summed E-state index contributed by atoms with van der Waals surface area (Å²) in [6.45, 7) is 2.55. The summed E-state index contributed by atoms with van der Waals surface area (Å²) in [5.41, 5.74) is 1.07. The van der Waals surface area contributed by atoms with Crippen LogP contribution in [-0.2, 0) is 6.54 Å². The lowest BCUT2D eigenvalue weighted by Crippen LogP contribution is -2.46. The van der Waals surface area contributed by atoms with E-state index in [0.29, 0.717) is 25.7 Å². The Morgan fingerprint density at radius 1 is 1.40 bits per heavy atom. The first-order valence-electron chi connectivity index (χ1n) is 7.20. The van der Waals surface area contributed by atoms with Crippen LogP contribution in [0.15, 0.2) is 30.3 Å². The van der Waals surface area contributed by atoms with Gasteiger partial charge in [0.1, 0.15) is 0 Å². The maximum Gasteiger partial charge on any atom is 0.317 e. The second-order valence-corrected chi connectivity index (χ2v) is 5.11. The molecule has 1 heterocycles. The Labute approximate surface area is 120 Å². The molecule has 0 saturated carbocycles. The molecular weight excluding hydrogens is 254 g/mol. The molecule has 1 fully saturated rings. The van der Waals surface area contributed by atoms with Crippen LogP contribution in [0.25, 0.3) is 0 Å². The number of amides is 2. The molecule has 1 aromatic rings. The van der Waals surface area contributed by atoms with Crippen LogP contribution in [0, 0.1) is 0 Å². The standard InChI is InChI=1S/C15H23N3O2/c19-10-9-18(12-14-7-4-8-16-14)15(20)17-11-13-5-2-1-3-6-13/h1-3,5-6,14,16,19H,4,7-12H2,(H,17,20). The van der Waals surface area contributed by atoms with E-state index in [-0.39, 0.29) is 12.6 Å². The van der Waals surface area contributed by atoms with Crippen molar-refractivity contribution >= 4 is 6.03 Å². The molecular formula is C15H23N3O2. The minimum Gasteiger partial charge on any atom is -0.395 e. The van der Waals surface area contributed by atoms with E-state index < -0.39 is 0 Å². The summed E-state index contributed by atoms with van der Waals surface area (Å²) < 4.78 is 0. The number of urea groups is 1. The molecule has 1 aliphatic heterocycles. The molecule has 0 bridgehead atoms. The number of nitrogens with one attached hydrogen (secondary N) is 2. The summed E-state index contributed by atoms with van der Waals surface area (Å²) in [5.74, 6) is 0. The van der Waals surface area contributed by atoms with Gasteiger partial charge in [0.2, 0.25) is 0 Å². The number of rotatable bonds is 6. The van der Waals surface area contributed by atoms with Crippen molar-refractivity contribution in [3.63, 3.8) is 0 Å². The predicted molar refractivity (Wildman–Crippen MR) is 78.4 cm³/mol. The molecule has 1 atom stereocenters. The maximum absolute atomic E-state index is 12.2. The molecule has 5 heteroatoms. The van der Waals surface area contributed by atoms with E-state index in [9.17, 15) is 4.79 Å². The molecule has 1 saturated heterocycles. The summed E-state index contributed by atoms with van der Waals surface area (Å²) in [6, 6.07) is 10.1. The van der Waals surface area contributed by atoms with Gasteiger partial charge in [0.05, 0.1) is 6.61 Å². The van der Waals surface area contributed by atoms with E-state index in [0.717, 1.165) is 24.9 Å². The number of hydrogen-bond donors (Lipinski definition) is 3. The van der Waals surface area contributed by atoms with E-state index >= 15 is 0 Å². The third-order valence-corrected chi connectivity index (χ3v) is 3.55. The number of carbonyl (C=O) groups excluding carboxylic acids is 1. The lowest BCUT2D eigenvalue weighted by atomic mass is 10.2. The van der Waals surface area contributed by atoms with Gasteiger partial charge in [-0.3, -0.25) is 0 Å². The Bertz CT molecular complexity index is 405. The summed E-state index contributed by atoms with van der Waals surface area (Å²) in [7, 11) is 0. The van der Waals surface area contributed by atoms with Crippen molar-refractivity contribution in [2.75, 3.05) is 26.2 Å². The molecule has 0 aliphatic carbocycles. The highest BCUT2D eigenvalue weighted by molar-refractivity contribution is 5.74. The molecule has 110 valence electrons. The highest BCUT2D eigenvalue weighted by Crippen LogP contribution is 2.07. The van der Waals surface area contributed by atoms with E-state index in [1.165, 1.54) is 0 Å². The van der Waals surface area contributed by atoms with Gasteiger partial charge in [-0.2, -0.15) is 0 Å². The first kappa shape index (κ1) is 14.8. The molecule has 1 unspecified atom stereocenters. The fourth-order valence-electron chi connectivity index (χ4n) is 2.46. The van der Waals surface area contributed by atoms with Crippen LogP contribution in [0.4, 0.5) is 4.79 Å². The quantitative estimate of drug-likeness (QED) is 0.725. The van der Waals surface area contributed by atoms with Gasteiger partial charge in [-0.1, -0.05) is 30.3 Å². The topological polar surface area (TPSA) is 64.6 Å². The van der Waals surface area contributed by atoms with E-state index in [4.69, 9.17) is 5.11 Å².